The predicted octanol–water partition coefficient (Wildman–Crippen LogP) is 4.60. The van der Waals surface area contributed by atoms with Gasteiger partial charge in [0.1, 0.15) is 5.60 Å². The molecule has 7 heteroatoms. The van der Waals surface area contributed by atoms with Crippen molar-refractivity contribution in [3.8, 4) is 0 Å². The number of halogens is 1. The third kappa shape index (κ3) is 3.65. The van der Waals surface area contributed by atoms with E-state index in [0.29, 0.717) is 18.7 Å². The molecule has 6 rings (SSSR count). The van der Waals surface area contributed by atoms with Crippen molar-refractivity contribution >= 4 is 34.5 Å². The van der Waals surface area contributed by atoms with Crippen molar-refractivity contribution in [2.75, 3.05) is 13.1 Å². The maximum absolute atomic E-state index is 13.2. The van der Waals surface area contributed by atoms with Gasteiger partial charge in [-0.2, -0.15) is 0 Å². The number of aryl methyl sites for hydroxylation is 1. The summed E-state index contributed by atoms with van der Waals surface area (Å²) in [6.07, 6.45) is 4.83. The Hall–Kier alpha value is -2.34. The summed E-state index contributed by atoms with van der Waals surface area (Å²) in [5.41, 5.74) is 3.12. The number of amides is 2. The lowest BCUT2D eigenvalue weighted by Crippen LogP contribution is -2.71. The summed E-state index contributed by atoms with van der Waals surface area (Å²) in [6.45, 7) is 6.67. The molecule has 6 nitrogen and oxygen atoms in total. The highest BCUT2D eigenvalue weighted by molar-refractivity contribution is 6.36. The summed E-state index contributed by atoms with van der Waals surface area (Å²) >= 11 is 6.67. The van der Waals surface area contributed by atoms with Gasteiger partial charge in [0.15, 0.2) is 0 Å². The van der Waals surface area contributed by atoms with Crippen molar-refractivity contribution in [3.63, 3.8) is 0 Å². The SMILES string of the molecule is CC(C)(C)OC(=O)N1C2CC1CN(C(=O)c1ccc3c(Cl)c4c(nc3c1)CCCC4)C2. The lowest BCUT2D eigenvalue weighted by molar-refractivity contribution is -0.0693. The van der Waals surface area contributed by atoms with Crippen molar-refractivity contribution < 1.29 is 14.3 Å². The van der Waals surface area contributed by atoms with Crippen LogP contribution in [0.5, 0.6) is 0 Å². The minimum Gasteiger partial charge on any atom is -0.444 e. The first kappa shape index (κ1) is 20.6. The molecule has 2 amide bonds. The van der Waals surface area contributed by atoms with Crippen LogP contribution >= 0.6 is 11.6 Å². The molecule has 31 heavy (non-hydrogen) atoms. The molecule has 0 spiro atoms. The van der Waals surface area contributed by atoms with Gasteiger partial charge in [-0.3, -0.25) is 14.7 Å². The molecular formula is C24H28ClN3O3. The molecule has 2 unspecified atom stereocenters. The zero-order valence-electron chi connectivity index (χ0n) is 18.3. The molecule has 0 saturated carbocycles. The lowest BCUT2D eigenvalue weighted by Gasteiger charge is -2.55. The molecule has 1 aliphatic carbocycles. The Labute approximate surface area is 187 Å². The van der Waals surface area contributed by atoms with E-state index in [2.05, 4.69) is 0 Å². The van der Waals surface area contributed by atoms with Crippen LogP contribution in [0.15, 0.2) is 18.2 Å². The minimum absolute atomic E-state index is 0.0175. The fourth-order valence-corrected chi connectivity index (χ4v) is 5.43. The largest absolute Gasteiger partial charge is 0.444 e. The fourth-order valence-electron chi connectivity index (χ4n) is 5.07. The standard InChI is InChI=1S/C24H28ClN3O3/c1-24(2,3)31-23(30)28-15-11-16(28)13-27(12-15)22(29)14-8-9-18-20(10-14)26-19-7-5-4-6-17(19)21(18)25/h8-10,15-16H,4-7,11-13H2,1-3H3. The number of fused-ring (bicyclic) bond motifs is 4. The van der Waals surface area contributed by atoms with E-state index >= 15 is 0 Å². The van der Waals surface area contributed by atoms with E-state index in [4.69, 9.17) is 21.3 Å². The van der Waals surface area contributed by atoms with Gasteiger partial charge in [-0.15, -0.1) is 0 Å². The van der Waals surface area contributed by atoms with E-state index in [9.17, 15) is 9.59 Å². The van der Waals surface area contributed by atoms with Gasteiger partial charge in [0.2, 0.25) is 0 Å². The van der Waals surface area contributed by atoms with Crippen molar-refractivity contribution in [2.24, 2.45) is 0 Å². The number of piperazine rings is 1. The number of nitrogens with zero attached hydrogens (tertiary/aromatic N) is 3. The first-order valence-electron chi connectivity index (χ1n) is 11.1. The van der Waals surface area contributed by atoms with Crippen LogP contribution in [0.3, 0.4) is 0 Å². The molecule has 4 heterocycles. The smallest absolute Gasteiger partial charge is 0.410 e. The van der Waals surface area contributed by atoms with E-state index in [-0.39, 0.29) is 24.1 Å². The van der Waals surface area contributed by atoms with E-state index < -0.39 is 5.60 Å². The molecule has 1 aromatic carbocycles. The van der Waals surface area contributed by atoms with Crippen LogP contribution in [0.2, 0.25) is 5.02 Å². The Kier molecular flexibility index (Phi) is 4.88. The molecule has 4 aliphatic rings. The van der Waals surface area contributed by atoms with Crippen LogP contribution in [0, 0.1) is 0 Å². The topological polar surface area (TPSA) is 62.7 Å². The van der Waals surface area contributed by atoms with E-state index in [1.807, 2.05) is 43.9 Å². The van der Waals surface area contributed by atoms with E-state index in [1.165, 1.54) is 0 Å². The Morgan fingerprint density at radius 3 is 2.55 bits per heavy atom. The van der Waals surface area contributed by atoms with Crippen molar-refractivity contribution in [2.45, 2.75) is 70.6 Å². The summed E-state index contributed by atoms with van der Waals surface area (Å²) in [6, 6.07) is 5.68. The molecule has 3 aliphatic heterocycles. The summed E-state index contributed by atoms with van der Waals surface area (Å²) in [5.74, 6) is -0.0175. The Balaban J connectivity index is 1.34. The number of carbonyl (C=O) groups excluding carboxylic acids is 2. The second-order valence-electron chi connectivity index (χ2n) is 9.93. The monoisotopic (exact) mass is 441 g/mol. The number of hydrogen-bond donors (Lipinski definition) is 0. The number of pyridine rings is 1. The molecule has 2 bridgehead atoms. The fraction of sp³-hybridized carbons (Fsp3) is 0.542. The Morgan fingerprint density at radius 2 is 1.84 bits per heavy atom. The van der Waals surface area contributed by atoms with Gasteiger partial charge < -0.3 is 9.64 Å². The predicted molar refractivity (Wildman–Crippen MR) is 120 cm³/mol. The highest BCUT2D eigenvalue weighted by atomic mass is 35.5. The summed E-state index contributed by atoms with van der Waals surface area (Å²) in [7, 11) is 0. The number of carbonyl (C=O) groups is 2. The first-order chi connectivity index (χ1) is 14.7. The van der Waals surface area contributed by atoms with Gasteiger partial charge in [0.25, 0.3) is 5.91 Å². The van der Waals surface area contributed by atoms with E-state index in [1.54, 1.807) is 4.90 Å². The summed E-state index contributed by atoms with van der Waals surface area (Å²) in [5, 5.41) is 1.70. The van der Waals surface area contributed by atoms with Gasteiger partial charge in [-0.25, -0.2) is 4.79 Å². The molecule has 0 radical (unpaired) electrons. The molecule has 164 valence electrons. The quantitative estimate of drug-likeness (QED) is 0.648. The van der Waals surface area contributed by atoms with E-state index in [0.717, 1.165) is 59.3 Å². The van der Waals surface area contributed by atoms with Gasteiger partial charge >= 0.3 is 6.09 Å². The number of hydrogen-bond acceptors (Lipinski definition) is 4. The Morgan fingerprint density at radius 1 is 1.13 bits per heavy atom. The molecule has 3 saturated heterocycles. The zero-order valence-corrected chi connectivity index (χ0v) is 19.0. The molecular weight excluding hydrogens is 414 g/mol. The van der Waals surface area contributed by atoms with Gasteiger partial charge in [0.05, 0.1) is 22.6 Å². The molecule has 0 N–H and O–H groups in total. The normalized spacial score (nSPS) is 22.7. The van der Waals surface area contributed by atoms with Crippen LogP contribution in [0.4, 0.5) is 4.79 Å². The maximum Gasteiger partial charge on any atom is 0.410 e. The second-order valence-corrected chi connectivity index (χ2v) is 10.3. The third-order valence-corrected chi connectivity index (χ3v) is 6.96. The lowest BCUT2D eigenvalue weighted by atomic mass is 9.87. The highest BCUT2D eigenvalue weighted by Gasteiger charge is 2.49. The van der Waals surface area contributed by atoms with Crippen LogP contribution in [0.25, 0.3) is 10.9 Å². The number of rotatable bonds is 1. The summed E-state index contributed by atoms with van der Waals surface area (Å²) in [4.78, 5) is 34.2. The second kappa shape index (κ2) is 7.37. The number of benzene rings is 1. The van der Waals surface area contributed by atoms with Crippen molar-refractivity contribution in [3.05, 3.63) is 40.0 Å². The molecule has 2 atom stereocenters. The van der Waals surface area contributed by atoms with Gasteiger partial charge in [-0.05, 0) is 70.6 Å². The Bertz CT molecular complexity index is 1070. The molecule has 2 aromatic rings. The van der Waals surface area contributed by atoms with Crippen molar-refractivity contribution in [1.29, 1.82) is 0 Å². The van der Waals surface area contributed by atoms with Crippen LogP contribution in [0.1, 0.15) is 61.6 Å². The van der Waals surface area contributed by atoms with Crippen molar-refractivity contribution in [1.82, 2.24) is 14.8 Å². The minimum atomic E-state index is -0.519. The number of piperidine rings is 1. The maximum atomic E-state index is 13.2. The molecule has 1 aromatic heterocycles. The zero-order chi connectivity index (χ0) is 21.9. The summed E-state index contributed by atoms with van der Waals surface area (Å²) < 4.78 is 5.53. The van der Waals surface area contributed by atoms with Crippen LogP contribution in [-0.2, 0) is 17.6 Å². The average Bonchev–Trinajstić information content (AvgIpc) is 2.71. The average molecular weight is 442 g/mol. The first-order valence-corrected chi connectivity index (χ1v) is 11.5. The highest BCUT2D eigenvalue weighted by Crippen LogP contribution is 2.36. The van der Waals surface area contributed by atoms with Crippen LogP contribution in [-0.4, -0.2) is 57.6 Å². The molecule has 3 fully saturated rings. The third-order valence-electron chi connectivity index (χ3n) is 6.52. The van der Waals surface area contributed by atoms with Crippen LogP contribution < -0.4 is 0 Å². The number of ether oxygens (including phenoxy) is 1. The van der Waals surface area contributed by atoms with Gasteiger partial charge in [-0.1, -0.05) is 17.7 Å². The number of aromatic nitrogens is 1. The van der Waals surface area contributed by atoms with Gasteiger partial charge in [0, 0.05) is 29.7 Å².